The van der Waals surface area contributed by atoms with E-state index in [-0.39, 0.29) is 17.2 Å². The van der Waals surface area contributed by atoms with Crippen LogP contribution in [0.3, 0.4) is 0 Å². The summed E-state index contributed by atoms with van der Waals surface area (Å²) in [5, 5.41) is 5.37. The Morgan fingerprint density at radius 1 is 1.07 bits per heavy atom. The summed E-state index contributed by atoms with van der Waals surface area (Å²) in [4.78, 5) is 27.4. The van der Waals surface area contributed by atoms with Crippen molar-refractivity contribution >= 4 is 17.6 Å². The molecule has 1 fully saturated rings. The largest absolute Gasteiger partial charge is 0.416 e. The molecule has 30 heavy (non-hydrogen) atoms. The van der Waals surface area contributed by atoms with Gasteiger partial charge in [-0.05, 0) is 43.5 Å². The Bertz CT molecular complexity index is 1010. The zero-order chi connectivity index (χ0) is 21.5. The van der Waals surface area contributed by atoms with Gasteiger partial charge in [0.2, 0.25) is 0 Å². The van der Waals surface area contributed by atoms with Gasteiger partial charge in [0.1, 0.15) is 0 Å². The number of hydrogen-bond acceptors (Lipinski definition) is 2. The molecule has 156 valence electrons. The van der Waals surface area contributed by atoms with Gasteiger partial charge in [-0.3, -0.25) is 9.69 Å². The predicted octanol–water partition coefficient (Wildman–Crippen LogP) is 4.85. The van der Waals surface area contributed by atoms with Gasteiger partial charge >= 0.3 is 12.2 Å². The van der Waals surface area contributed by atoms with Crippen LogP contribution in [-0.2, 0) is 11.0 Å². The molecule has 1 saturated carbocycles. The van der Waals surface area contributed by atoms with Crippen LogP contribution in [0.2, 0.25) is 0 Å². The summed E-state index contributed by atoms with van der Waals surface area (Å²) in [6, 6.07) is 11.9. The minimum Gasteiger partial charge on any atom is -0.326 e. The number of urea groups is 1. The number of nitrogens with one attached hydrogen (secondary N) is 2. The average Bonchev–Trinajstić information content (AvgIpc) is 3.52. The van der Waals surface area contributed by atoms with E-state index in [0.717, 1.165) is 18.9 Å². The molecule has 2 N–H and O–H groups in total. The first-order valence-corrected chi connectivity index (χ1v) is 9.60. The lowest BCUT2D eigenvalue weighted by atomic mass is 9.90. The molecule has 1 atom stereocenters. The van der Waals surface area contributed by atoms with E-state index >= 15 is 0 Å². The van der Waals surface area contributed by atoms with Gasteiger partial charge in [-0.25, -0.2) is 4.79 Å². The minimum absolute atomic E-state index is 0.0386. The first kappa shape index (κ1) is 20.0. The van der Waals surface area contributed by atoms with Crippen LogP contribution in [-0.4, -0.2) is 22.9 Å². The molecular weight excluding hydrogens is 395 g/mol. The summed E-state index contributed by atoms with van der Waals surface area (Å²) in [6.45, 7) is 1.61. The number of nitrogens with zero attached hydrogens (tertiary/aromatic N) is 1. The van der Waals surface area contributed by atoms with Crippen molar-refractivity contribution in [1.82, 2.24) is 10.2 Å². The summed E-state index contributed by atoms with van der Waals surface area (Å²) in [7, 11) is 0. The molecule has 0 unspecified atom stereocenters. The summed E-state index contributed by atoms with van der Waals surface area (Å²) in [6.07, 6.45) is -3.03. The van der Waals surface area contributed by atoms with Gasteiger partial charge in [-0.2, -0.15) is 13.2 Å². The van der Waals surface area contributed by atoms with E-state index in [1.807, 2.05) is 0 Å². The molecule has 1 heterocycles. The molecule has 1 aliphatic carbocycles. The molecule has 2 aromatic rings. The van der Waals surface area contributed by atoms with Crippen LogP contribution in [0.4, 0.5) is 23.7 Å². The summed E-state index contributed by atoms with van der Waals surface area (Å²) < 4.78 is 40.9. The van der Waals surface area contributed by atoms with Crippen molar-refractivity contribution in [2.45, 2.75) is 38.0 Å². The van der Waals surface area contributed by atoms with Gasteiger partial charge in [0.05, 0.1) is 17.2 Å². The first-order chi connectivity index (χ1) is 14.3. The Hall–Kier alpha value is -3.29. The van der Waals surface area contributed by atoms with Crippen molar-refractivity contribution in [3.63, 3.8) is 0 Å². The Balaban J connectivity index is 1.81. The van der Waals surface area contributed by atoms with Crippen LogP contribution in [0.25, 0.3) is 0 Å². The fourth-order valence-electron chi connectivity index (χ4n) is 3.78. The number of allylic oxidation sites excluding steroid dienone is 1. The molecule has 1 aliphatic heterocycles. The molecule has 2 aliphatic rings. The summed E-state index contributed by atoms with van der Waals surface area (Å²) in [5.41, 5.74) is -0.0569. The van der Waals surface area contributed by atoms with E-state index in [2.05, 4.69) is 10.6 Å². The Morgan fingerprint density at radius 2 is 1.70 bits per heavy atom. The minimum atomic E-state index is -4.62. The van der Waals surface area contributed by atoms with Crippen LogP contribution < -0.4 is 10.6 Å². The van der Waals surface area contributed by atoms with Gasteiger partial charge in [-0.1, -0.05) is 36.4 Å². The number of anilines is 1. The average molecular weight is 415 g/mol. The Labute approximate surface area is 171 Å². The first-order valence-electron chi connectivity index (χ1n) is 9.60. The Morgan fingerprint density at radius 3 is 2.33 bits per heavy atom. The maximum atomic E-state index is 13.6. The second-order valence-electron chi connectivity index (χ2n) is 7.39. The van der Waals surface area contributed by atoms with Crippen molar-refractivity contribution in [2.24, 2.45) is 0 Å². The van der Waals surface area contributed by atoms with E-state index in [0.29, 0.717) is 11.4 Å². The molecule has 4 rings (SSSR count). The topological polar surface area (TPSA) is 61.4 Å². The number of alkyl halides is 3. The number of rotatable bonds is 4. The van der Waals surface area contributed by atoms with Crippen LogP contribution in [0.15, 0.2) is 65.9 Å². The zero-order valence-electron chi connectivity index (χ0n) is 16.2. The third-order valence-corrected chi connectivity index (χ3v) is 5.29. The van der Waals surface area contributed by atoms with E-state index in [1.54, 1.807) is 37.3 Å². The van der Waals surface area contributed by atoms with Gasteiger partial charge in [0, 0.05) is 17.4 Å². The highest BCUT2D eigenvalue weighted by Gasteiger charge is 2.44. The lowest BCUT2D eigenvalue weighted by molar-refractivity contribution is -0.138. The van der Waals surface area contributed by atoms with Crippen molar-refractivity contribution in [2.75, 3.05) is 5.32 Å². The van der Waals surface area contributed by atoms with Crippen molar-refractivity contribution in [1.29, 1.82) is 0 Å². The lowest BCUT2D eigenvalue weighted by Crippen LogP contribution is -2.49. The number of carbonyl (C=O) groups excluding carboxylic acids is 2. The van der Waals surface area contributed by atoms with Gasteiger partial charge in [0.15, 0.2) is 0 Å². The molecule has 0 bridgehead atoms. The van der Waals surface area contributed by atoms with E-state index in [4.69, 9.17) is 0 Å². The molecule has 0 aromatic heterocycles. The number of amides is 3. The highest BCUT2D eigenvalue weighted by Crippen LogP contribution is 2.41. The highest BCUT2D eigenvalue weighted by atomic mass is 19.4. The van der Waals surface area contributed by atoms with Crippen molar-refractivity contribution < 1.29 is 22.8 Å². The smallest absolute Gasteiger partial charge is 0.326 e. The summed E-state index contributed by atoms with van der Waals surface area (Å²) in [5.74, 6) is -0.550. The Kier molecular flexibility index (Phi) is 5.01. The summed E-state index contributed by atoms with van der Waals surface area (Å²) >= 11 is 0. The van der Waals surface area contributed by atoms with Gasteiger partial charge in [0.25, 0.3) is 5.91 Å². The molecule has 8 heteroatoms. The third-order valence-electron chi connectivity index (χ3n) is 5.29. The third kappa shape index (κ3) is 3.77. The van der Waals surface area contributed by atoms with E-state index in [1.165, 1.54) is 23.1 Å². The molecule has 0 spiro atoms. The van der Waals surface area contributed by atoms with E-state index in [9.17, 15) is 22.8 Å². The molecule has 5 nitrogen and oxygen atoms in total. The normalized spacial score (nSPS) is 19.5. The van der Waals surface area contributed by atoms with Crippen LogP contribution in [0.5, 0.6) is 0 Å². The number of para-hydroxylation sites is 1. The van der Waals surface area contributed by atoms with Crippen LogP contribution in [0.1, 0.15) is 36.9 Å². The van der Waals surface area contributed by atoms with Crippen molar-refractivity contribution in [3.05, 3.63) is 77.0 Å². The maximum Gasteiger partial charge on any atom is 0.416 e. The standard InChI is InChI=1S/C22H20F3N3O2/c1-13-18(20(29)26-14-7-3-2-4-8-14)19(27-21(30)28(13)15-11-12-15)16-9-5-6-10-17(16)22(23,24)25/h2-10,15,19H,11-12H2,1H3,(H,26,29)(H,27,30)/t19-/m0/s1. The number of halogens is 3. The lowest BCUT2D eigenvalue weighted by Gasteiger charge is -2.36. The quantitative estimate of drug-likeness (QED) is 0.750. The second-order valence-corrected chi connectivity index (χ2v) is 7.39. The molecule has 0 saturated heterocycles. The fraction of sp³-hybridized carbons (Fsp3) is 0.273. The SMILES string of the molecule is CC1=C(C(=O)Nc2ccccc2)[C@H](c2ccccc2C(F)(F)F)NC(=O)N1C1CC1. The number of hydrogen-bond donors (Lipinski definition) is 2. The zero-order valence-corrected chi connectivity index (χ0v) is 16.2. The van der Waals surface area contributed by atoms with Crippen LogP contribution in [0, 0.1) is 0 Å². The monoisotopic (exact) mass is 415 g/mol. The van der Waals surface area contributed by atoms with Gasteiger partial charge in [-0.15, -0.1) is 0 Å². The van der Waals surface area contributed by atoms with E-state index < -0.39 is 29.7 Å². The second kappa shape index (κ2) is 7.51. The number of benzene rings is 2. The molecule has 2 aromatic carbocycles. The predicted molar refractivity (Wildman–Crippen MR) is 105 cm³/mol. The molecule has 0 radical (unpaired) electrons. The molecule has 3 amide bonds. The highest BCUT2D eigenvalue weighted by molar-refractivity contribution is 6.06. The maximum absolute atomic E-state index is 13.6. The fourth-order valence-corrected chi connectivity index (χ4v) is 3.78. The molecular formula is C22H20F3N3O2. The van der Waals surface area contributed by atoms with Crippen molar-refractivity contribution in [3.8, 4) is 0 Å². The van der Waals surface area contributed by atoms with Gasteiger partial charge < -0.3 is 10.6 Å². The number of carbonyl (C=O) groups is 2. The van der Waals surface area contributed by atoms with Crippen LogP contribution >= 0.6 is 0 Å².